The molecular weight excluding hydrogens is 290 g/mol. The molecule has 1 aromatic rings. The van der Waals surface area contributed by atoms with E-state index in [1.165, 1.54) is 19.3 Å². The third kappa shape index (κ3) is 3.96. The molecule has 0 bridgehead atoms. The van der Waals surface area contributed by atoms with Gasteiger partial charge in [0.15, 0.2) is 0 Å². The molecule has 0 spiro atoms. The van der Waals surface area contributed by atoms with Gasteiger partial charge in [-0.15, -0.1) is 0 Å². The van der Waals surface area contributed by atoms with E-state index < -0.39 is 11.6 Å². The Kier molecular flexibility index (Phi) is 5.60. The molecule has 1 N–H and O–H groups in total. The minimum absolute atomic E-state index is 0.0149. The number of halogens is 2. The Morgan fingerprint density at radius 1 is 1.24 bits per heavy atom. The molecule has 114 valence electrons. The predicted octanol–water partition coefficient (Wildman–Crippen LogP) is 3.99. The summed E-state index contributed by atoms with van der Waals surface area (Å²) in [6.07, 6.45) is 8.14. The minimum atomic E-state index is -0.652. The first-order valence-corrected chi connectivity index (χ1v) is 8.46. The van der Waals surface area contributed by atoms with Crippen LogP contribution in [0.15, 0.2) is 12.1 Å². The Hall–Kier alpha value is -1.12. The van der Waals surface area contributed by atoms with Crippen LogP contribution in [0.3, 0.4) is 0 Å². The molecule has 1 saturated carbocycles. The maximum Gasteiger partial charge on any atom is 0.131 e. The van der Waals surface area contributed by atoms with Crippen LogP contribution in [0, 0.1) is 23.0 Å². The Balaban J connectivity index is 1.99. The van der Waals surface area contributed by atoms with Crippen molar-refractivity contribution >= 4 is 11.8 Å². The smallest absolute Gasteiger partial charge is 0.131 e. The monoisotopic (exact) mass is 310 g/mol. The van der Waals surface area contributed by atoms with Crippen molar-refractivity contribution in [3.63, 3.8) is 0 Å². The summed E-state index contributed by atoms with van der Waals surface area (Å²) in [5.74, 6) is -1.30. The van der Waals surface area contributed by atoms with Crippen LogP contribution in [0.1, 0.15) is 43.2 Å². The van der Waals surface area contributed by atoms with Crippen LogP contribution in [-0.4, -0.2) is 17.5 Å². The van der Waals surface area contributed by atoms with E-state index in [-0.39, 0.29) is 22.4 Å². The van der Waals surface area contributed by atoms with Crippen LogP contribution >= 0.6 is 11.8 Å². The summed E-state index contributed by atoms with van der Waals surface area (Å²) in [7, 11) is 0. The quantitative estimate of drug-likeness (QED) is 0.893. The van der Waals surface area contributed by atoms with Crippen molar-refractivity contribution in [3.05, 3.63) is 34.9 Å². The SMILES string of the molecule is CSC1(CNCc2c(F)cc(C#N)cc2F)CCCCC1. The summed E-state index contributed by atoms with van der Waals surface area (Å²) in [5, 5.41) is 11.9. The normalized spacial score (nSPS) is 17.4. The van der Waals surface area contributed by atoms with E-state index >= 15 is 0 Å². The summed E-state index contributed by atoms with van der Waals surface area (Å²) in [4.78, 5) is 0. The third-order valence-corrected chi connectivity index (χ3v) is 5.64. The second kappa shape index (κ2) is 7.24. The van der Waals surface area contributed by atoms with Gasteiger partial charge in [0.2, 0.25) is 0 Å². The molecule has 0 atom stereocenters. The Bertz CT molecular complexity index is 511. The molecule has 0 unspecified atom stereocenters. The van der Waals surface area contributed by atoms with Gasteiger partial charge >= 0.3 is 0 Å². The zero-order chi connectivity index (χ0) is 15.3. The fourth-order valence-electron chi connectivity index (χ4n) is 2.90. The fraction of sp³-hybridized carbons (Fsp3) is 0.562. The second-order valence-corrected chi connectivity index (χ2v) is 6.86. The largest absolute Gasteiger partial charge is 0.311 e. The van der Waals surface area contributed by atoms with Gasteiger partial charge in [-0.1, -0.05) is 19.3 Å². The van der Waals surface area contributed by atoms with E-state index in [0.29, 0.717) is 0 Å². The Morgan fingerprint density at radius 3 is 2.38 bits per heavy atom. The summed E-state index contributed by atoms with van der Waals surface area (Å²) >= 11 is 1.85. The highest BCUT2D eigenvalue weighted by atomic mass is 32.2. The van der Waals surface area contributed by atoms with E-state index in [1.54, 1.807) is 6.07 Å². The summed E-state index contributed by atoms with van der Waals surface area (Å²) in [6, 6.07) is 3.93. The lowest BCUT2D eigenvalue weighted by atomic mass is 9.88. The van der Waals surface area contributed by atoms with Gasteiger partial charge in [-0.2, -0.15) is 17.0 Å². The lowest BCUT2D eigenvalue weighted by molar-refractivity contribution is 0.377. The number of nitrogens with one attached hydrogen (secondary N) is 1. The van der Waals surface area contributed by atoms with E-state index in [0.717, 1.165) is 31.5 Å². The van der Waals surface area contributed by atoms with Crippen LogP contribution in [0.2, 0.25) is 0 Å². The molecule has 2 nitrogen and oxygen atoms in total. The topological polar surface area (TPSA) is 35.8 Å². The van der Waals surface area contributed by atoms with Crippen LogP contribution in [0.5, 0.6) is 0 Å². The summed E-state index contributed by atoms with van der Waals surface area (Å²) in [5.41, 5.74) is 0.0303. The van der Waals surface area contributed by atoms with Crippen molar-refractivity contribution in [2.24, 2.45) is 0 Å². The van der Waals surface area contributed by atoms with E-state index in [1.807, 2.05) is 11.8 Å². The van der Waals surface area contributed by atoms with Crippen molar-refractivity contribution in [1.82, 2.24) is 5.32 Å². The highest BCUT2D eigenvalue weighted by molar-refractivity contribution is 8.00. The molecule has 1 aromatic carbocycles. The molecule has 0 amide bonds. The zero-order valence-corrected chi connectivity index (χ0v) is 13.0. The van der Waals surface area contributed by atoms with Crippen molar-refractivity contribution in [3.8, 4) is 6.07 Å². The average molecular weight is 310 g/mol. The maximum absolute atomic E-state index is 13.8. The molecule has 1 aliphatic carbocycles. The van der Waals surface area contributed by atoms with Gasteiger partial charge in [0.1, 0.15) is 11.6 Å². The highest BCUT2D eigenvalue weighted by Gasteiger charge is 2.30. The van der Waals surface area contributed by atoms with Gasteiger partial charge in [-0.3, -0.25) is 0 Å². The number of hydrogen-bond acceptors (Lipinski definition) is 3. The van der Waals surface area contributed by atoms with Gasteiger partial charge in [0.25, 0.3) is 0 Å². The summed E-state index contributed by atoms with van der Waals surface area (Å²) < 4.78 is 27.8. The first-order valence-electron chi connectivity index (χ1n) is 7.24. The first-order chi connectivity index (χ1) is 10.1. The van der Waals surface area contributed by atoms with Crippen molar-refractivity contribution in [2.75, 3.05) is 12.8 Å². The van der Waals surface area contributed by atoms with Gasteiger partial charge in [0, 0.05) is 23.4 Å². The minimum Gasteiger partial charge on any atom is -0.311 e. The Labute approximate surface area is 128 Å². The number of nitriles is 1. The van der Waals surface area contributed by atoms with Gasteiger partial charge in [0.05, 0.1) is 11.6 Å². The molecule has 5 heteroatoms. The van der Waals surface area contributed by atoms with Crippen LogP contribution in [-0.2, 0) is 6.54 Å². The molecule has 21 heavy (non-hydrogen) atoms. The lowest BCUT2D eigenvalue weighted by Gasteiger charge is -2.36. The molecule has 1 fully saturated rings. The number of nitrogens with zero attached hydrogens (tertiary/aromatic N) is 1. The van der Waals surface area contributed by atoms with Crippen LogP contribution in [0.25, 0.3) is 0 Å². The van der Waals surface area contributed by atoms with Gasteiger partial charge < -0.3 is 5.32 Å². The van der Waals surface area contributed by atoms with Crippen molar-refractivity contribution in [1.29, 1.82) is 5.26 Å². The molecule has 2 rings (SSSR count). The first kappa shape index (κ1) is 16.3. The number of benzene rings is 1. The van der Waals surface area contributed by atoms with Crippen LogP contribution < -0.4 is 5.32 Å². The molecule has 0 aliphatic heterocycles. The molecule has 0 radical (unpaired) electrons. The highest BCUT2D eigenvalue weighted by Crippen LogP contribution is 2.38. The van der Waals surface area contributed by atoms with Gasteiger partial charge in [-0.25, -0.2) is 8.78 Å². The molecule has 0 heterocycles. The average Bonchev–Trinajstić information content (AvgIpc) is 2.50. The molecule has 0 saturated heterocycles. The number of hydrogen-bond donors (Lipinski definition) is 1. The fourth-order valence-corrected chi connectivity index (χ4v) is 3.84. The van der Waals surface area contributed by atoms with Crippen molar-refractivity contribution < 1.29 is 8.78 Å². The molecule has 0 aromatic heterocycles. The van der Waals surface area contributed by atoms with E-state index in [4.69, 9.17) is 5.26 Å². The number of thioether (sulfide) groups is 1. The van der Waals surface area contributed by atoms with E-state index in [2.05, 4.69) is 11.6 Å². The van der Waals surface area contributed by atoms with E-state index in [9.17, 15) is 8.78 Å². The lowest BCUT2D eigenvalue weighted by Crippen LogP contribution is -2.39. The molecular formula is C16H20F2N2S. The predicted molar refractivity (Wildman–Crippen MR) is 82.1 cm³/mol. The standard InChI is InChI=1S/C16H20F2N2S/c1-21-16(5-3-2-4-6-16)11-20-10-13-14(17)7-12(9-19)8-15(13)18/h7-8,20H,2-6,10-11H2,1H3. The van der Waals surface area contributed by atoms with Gasteiger partial charge in [-0.05, 0) is 31.2 Å². The molecule has 1 aliphatic rings. The summed E-state index contributed by atoms with van der Waals surface area (Å²) in [6.45, 7) is 0.915. The van der Waals surface area contributed by atoms with Crippen LogP contribution in [0.4, 0.5) is 8.78 Å². The number of rotatable bonds is 5. The Morgan fingerprint density at radius 2 is 1.86 bits per heavy atom. The van der Waals surface area contributed by atoms with Crippen molar-refractivity contribution in [2.45, 2.75) is 43.4 Å². The third-order valence-electron chi connectivity index (χ3n) is 4.22. The maximum atomic E-state index is 13.8. The second-order valence-electron chi connectivity index (χ2n) is 5.58. The zero-order valence-electron chi connectivity index (χ0n) is 12.2.